The highest BCUT2D eigenvalue weighted by molar-refractivity contribution is 9.10. The molecule has 7 heteroatoms. The number of rotatable bonds is 3. The molecule has 0 radical (unpaired) electrons. The van der Waals surface area contributed by atoms with Gasteiger partial charge >= 0.3 is 0 Å². The zero-order chi connectivity index (χ0) is 13.2. The fraction of sp³-hybridized carbons (Fsp3) is 0. The lowest BCUT2D eigenvalue weighted by Crippen LogP contribution is -2.13. The summed E-state index contributed by atoms with van der Waals surface area (Å²) in [5.41, 5.74) is 0.390. The normalized spacial score (nSPS) is 11.2. The maximum atomic E-state index is 12.9. The van der Waals surface area contributed by atoms with Crippen molar-refractivity contribution in [3.05, 3.63) is 53.0 Å². The Morgan fingerprint density at radius 2 is 1.83 bits per heavy atom. The van der Waals surface area contributed by atoms with Crippen LogP contribution in [0.25, 0.3) is 0 Å². The third-order valence-electron chi connectivity index (χ3n) is 2.12. The Kier molecular flexibility index (Phi) is 3.63. The van der Waals surface area contributed by atoms with Gasteiger partial charge in [-0.25, -0.2) is 12.8 Å². The quantitative estimate of drug-likeness (QED) is 0.941. The fourth-order valence-electron chi connectivity index (χ4n) is 1.32. The van der Waals surface area contributed by atoms with Gasteiger partial charge in [-0.05, 0) is 46.3 Å². The van der Waals surface area contributed by atoms with Gasteiger partial charge in [0.25, 0.3) is 10.0 Å². The summed E-state index contributed by atoms with van der Waals surface area (Å²) in [6.07, 6.45) is 2.94. The van der Waals surface area contributed by atoms with Gasteiger partial charge in [0.05, 0.1) is 5.69 Å². The number of nitrogens with one attached hydrogen (secondary N) is 1. The Labute approximate surface area is 112 Å². The average Bonchev–Trinajstić information content (AvgIpc) is 2.29. The Hall–Kier alpha value is -1.47. The van der Waals surface area contributed by atoms with Gasteiger partial charge in [-0.1, -0.05) is 0 Å². The molecule has 0 fully saturated rings. The maximum absolute atomic E-state index is 12.9. The van der Waals surface area contributed by atoms with E-state index in [9.17, 15) is 12.8 Å². The minimum Gasteiger partial charge on any atom is -0.279 e. The molecule has 4 nitrogen and oxygen atoms in total. The molecule has 1 heterocycles. The molecule has 0 bridgehead atoms. The Morgan fingerprint density at radius 1 is 1.17 bits per heavy atom. The number of anilines is 1. The summed E-state index contributed by atoms with van der Waals surface area (Å²) in [5, 5.41) is 0. The van der Waals surface area contributed by atoms with Gasteiger partial charge in [-0.2, -0.15) is 0 Å². The van der Waals surface area contributed by atoms with Crippen LogP contribution in [0.3, 0.4) is 0 Å². The monoisotopic (exact) mass is 330 g/mol. The topological polar surface area (TPSA) is 59.1 Å². The Bertz CT molecular complexity index is 662. The molecule has 2 aromatic rings. The molecular weight excluding hydrogens is 323 g/mol. The first-order valence-corrected chi connectivity index (χ1v) is 7.14. The summed E-state index contributed by atoms with van der Waals surface area (Å²) in [7, 11) is -3.75. The molecule has 0 aliphatic rings. The van der Waals surface area contributed by atoms with Crippen LogP contribution in [-0.2, 0) is 10.0 Å². The first-order valence-electron chi connectivity index (χ1n) is 4.87. The minimum atomic E-state index is -3.75. The molecule has 1 aromatic carbocycles. The first-order chi connectivity index (χ1) is 8.49. The molecule has 0 aliphatic heterocycles. The average molecular weight is 331 g/mol. The summed E-state index contributed by atoms with van der Waals surface area (Å²) in [5.74, 6) is -0.510. The molecule has 18 heavy (non-hydrogen) atoms. The van der Waals surface area contributed by atoms with E-state index in [0.29, 0.717) is 5.69 Å². The summed E-state index contributed by atoms with van der Waals surface area (Å²) in [4.78, 5) is 3.76. The summed E-state index contributed by atoms with van der Waals surface area (Å²) in [6, 6.07) is 6.43. The van der Waals surface area contributed by atoms with Gasteiger partial charge in [-0.3, -0.25) is 9.71 Å². The summed E-state index contributed by atoms with van der Waals surface area (Å²) < 4.78 is 39.6. The highest BCUT2D eigenvalue weighted by Gasteiger charge is 2.17. The van der Waals surface area contributed by atoms with E-state index in [1.165, 1.54) is 30.6 Å². The van der Waals surface area contributed by atoms with Crippen LogP contribution in [0.4, 0.5) is 10.1 Å². The molecule has 0 atom stereocenters. The lowest BCUT2D eigenvalue weighted by atomic mass is 10.3. The van der Waals surface area contributed by atoms with Crippen molar-refractivity contribution < 1.29 is 12.8 Å². The molecule has 0 saturated carbocycles. The number of sulfonamides is 1. The smallest absolute Gasteiger partial charge is 0.263 e. The number of aromatic nitrogens is 1. The van der Waals surface area contributed by atoms with Crippen molar-refractivity contribution in [1.29, 1.82) is 0 Å². The molecule has 0 amide bonds. The minimum absolute atomic E-state index is 0.0271. The van der Waals surface area contributed by atoms with Crippen molar-refractivity contribution >= 4 is 31.6 Å². The molecular formula is C11H8BrFN2O2S. The van der Waals surface area contributed by atoms with Crippen LogP contribution in [0.1, 0.15) is 0 Å². The zero-order valence-electron chi connectivity index (χ0n) is 8.97. The lowest BCUT2D eigenvalue weighted by Gasteiger charge is -2.09. The van der Waals surface area contributed by atoms with Crippen LogP contribution in [0, 0.1) is 5.82 Å². The second-order valence-corrected chi connectivity index (χ2v) is 5.92. The molecule has 0 saturated heterocycles. The van der Waals surface area contributed by atoms with Crippen LogP contribution < -0.4 is 4.72 Å². The molecule has 94 valence electrons. The molecule has 2 rings (SSSR count). The number of pyridine rings is 1. The van der Waals surface area contributed by atoms with Crippen LogP contribution >= 0.6 is 15.9 Å². The van der Waals surface area contributed by atoms with Gasteiger partial charge in [-0.15, -0.1) is 0 Å². The Balaban J connectivity index is 2.37. The standard InChI is InChI=1S/C11H8BrFN2O2S/c12-10-7-8(13)1-2-11(10)18(16,17)15-9-3-5-14-6-4-9/h1-7H,(H,14,15). The van der Waals surface area contributed by atoms with E-state index in [0.717, 1.165) is 12.1 Å². The highest BCUT2D eigenvalue weighted by Crippen LogP contribution is 2.24. The molecule has 0 unspecified atom stereocenters. The van der Waals surface area contributed by atoms with E-state index in [1.54, 1.807) is 0 Å². The van der Waals surface area contributed by atoms with E-state index in [2.05, 4.69) is 25.6 Å². The van der Waals surface area contributed by atoms with E-state index >= 15 is 0 Å². The predicted octanol–water partition coefficient (Wildman–Crippen LogP) is 2.78. The van der Waals surface area contributed by atoms with E-state index in [1.807, 2.05) is 0 Å². The number of benzene rings is 1. The summed E-state index contributed by atoms with van der Waals surface area (Å²) in [6.45, 7) is 0. The fourth-order valence-corrected chi connectivity index (χ4v) is 3.43. The highest BCUT2D eigenvalue weighted by atomic mass is 79.9. The molecule has 0 aliphatic carbocycles. The second-order valence-electron chi connectivity index (χ2n) is 3.42. The van der Waals surface area contributed by atoms with Crippen molar-refractivity contribution in [2.75, 3.05) is 4.72 Å². The largest absolute Gasteiger partial charge is 0.279 e. The van der Waals surface area contributed by atoms with Crippen molar-refractivity contribution in [1.82, 2.24) is 4.98 Å². The maximum Gasteiger partial charge on any atom is 0.263 e. The van der Waals surface area contributed by atoms with Gasteiger partial charge in [0, 0.05) is 16.9 Å². The van der Waals surface area contributed by atoms with Crippen LogP contribution in [0.2, 0.25) is 0 Å². The van der Waals surface area contributed by atoms with E-state index in [-0.39, 0.29) is 9.37 Å². The number of hydrogen-bond acceptors (Lipinski definition) is 3. The van der Waals surface area contributed by atoms with Crippen molar-refractivity contribution in [2.24, 2.45) is 0 Å². The molecule has 1 N–H and O–H groups in total. The Morgan fingerprint density at radius 3 is 2.44 bits per heavy atom. The van der Waals surface area contributed by atoms with Crippen LogP contribution in [-0.4, -0.2) is 13.4 Å². The zero-order valence-corrected chi connectivity index (χ0v) is 11.4. The van der Waals surface area contributed by atoms with Gasteiger partial charge < -0.3 is 0 Å². The predicted molar refractivity (Wildman–Crippen MR) is 69.1 cm³/mol. The SMILES string of the molecule is O=S(=O)(Nc1ccncc1)c1ccc(F)cc1Br. The van der Waals surface area contributed by atoms with E-state index in [4.69, 9.17) is 0 Å². The molecule has 0 spiro atoms. The first kappa shape index (κ1) is 13.0. The third-order valence-corrected chi connectivity index (χ3v) is 4.47. The third kappa shape index (κ3) is 2.85. The number of nitrogens with zero attached hydrogens (tertiary/aromatic N) is 1. The van der Waals surface area contributed by atoms with Crippen molar-refractivity contribution in [3.63, 3.8) is 0 Å². The van der Waals surface area contributed by atoms with Gasteiger partial charge in [0.2, 0.25) is 0 Å². The van der Waals surface area contributed by atoms with Gasteiger partial charge in [0.1, 0.15) is 10.7 Å². The molecule has 1 aromatic heterocycles. The number of halogens is 2. The van der Waals surface area contributed by atoms with E-state index < -0.39 is 15.8 Å². The van der Waals surface area contributed by atoms with Crippen LogP contribution in [0.15, 0.2) is 52.1 Å². The second kappa shape index (κ2) is 5.03. The summed E-state index contributed by atoms with van der Waals surface area (Å²) >= 11 is 3.02. The van der Waals surface area contributed by atoms with Crippen LogP contribution in [0.5, 0.6) is 0 Å². The lowest BCUT2D eigenvalue weighted by molar-refractivity contribution is 0.599. The number of hydrogen-bond donors (Lipinski definition) is 1. The van der Waals surface area contributed by atoms with Crippen molar-refractivity contribution in [3.8, 4) is 0 Å². The van der Waals surface area contributed by atoms with Gasteiger partial charge in [0.15, 0.2) is 0 Å². The van der Waals surface area contributed by atoms with Crippen molar-refractivity contribution in [2.45, 2.75) is 4.90 Å².